The molecule has 8 heteroatoms. The number of carbonyl (C=O) groups is 1. The minimum Gasteiger partial charge on any atom is -0.493 e. The summed E-state index contributed by atoms with van der Waals surface area (Å²) < 4.78 is 10.9. The van der Waals surface area contributed by atoms with Crippen LogP contribution < -0.4 is 20.5 Å². The Labute approximate surface area is 196 Å². The minimum absolute atomic E-state index is 0.00218. The summed E-state index contributed by atoms with van der Waals surface area (Å²) in [6.07, 6.45) is 0.217. The minimum atomic E-state index is -0.340. The molecule has 3 N–H and O–H groups in total. The number of ether oxygens (including phenoxy) is 2. The molecule has 0 saturated carbocycles. The second-order valence-corrected chi connectivity index (χ2v) is 8.83. The second kappa shape index (κ2) is 9.46. The summed E-state index contributed by atoms with van der Waals surface area (Å²) in [5.74, 6) is 2.30. The van der Waals surface area contributed by atoms with Crippen LogP contribution in [-0.2, 0) is 11.2 Å². The van der Waals surface area contributed by atoms with Gasteiger partial charge in [0.1, 0.15) is 11.6 Å². The number of methoxy groups -OCH3 is 2. The third kappa shape index (κ3) is 4.75. The number of hydrogen-bond acceptors (Lipinski definition) is 7. The Morgan fingerprint density at radius 2 is 1.82 bits per heavy atom. The summed E-state index contributed by atoms with van der Waals surface area (Å²) in [6, 6.07) is 15.8. The van der Waals surface area contributed by atoms with Crippen LogP contribution in [0.3, 0.4) is 0 Å². The van der Waals surface area contributed by atoms with Gasteiger partial charge in [-0.15, -0.1) is 11.3 Å². The number of amides is 1. The van der Waals surface area contributed by atoms with Gasteiger partial charge in [0.2, 0.25) is 5.91 Å². The Balaban J connectivity index is 1.66. The van der Waals surface area contributed by atoms with Gasteiger partial charge in [-0.05, 0) is 43.2 Å². The highest BCUT2D eigenvalue weighted by molar-refractivity contribution is 7.15. The first-order chi connectivity index (χ1) is 15.9. The molecule has 0 spiro atoms. The molecule has 0 fully saturated rings. The third-order valence-electron chi connectivity index (χ3n) is 5.37. The van der Waals surface area contributed by atoms with Gasteiger partial charge in [0.25, 0.3) is 0 Å². The van der Waals surface area contributed by atoms with Crippen molar-refractivity contribution in [2.24, 2.45) is 5.73 Å². The van der Waals surface area contributed by atoms with Gasteiger partial charge >= 0.3 is 0 Å². The molecule has 0 saturated heterocycles. The lowest BCUT2D eigenvalue weighted by Gasteiger charge is -2.16. The summed E-state index contributed by atoms with van der Waals surface area (Å²) in [5, 5.41) is 4.39. The Morgan fingerprint density at radius 3 is 2.55 bits per heavy atom. The number of fused-ring (bicyclic) bond motifs is 1. The smallest absolute Gasteiger partial charge is 0.221 e. The molecule has 33 heavy (non-hydrogen) atoms. The Morgan fingerprint density at radius 1 is 1.09 bits per heavy atom. The van der Waals surface area contributed by atoms with Crippen molar-refractivity contribution in [3.63, 3.8) is 0 Å². The van der Waals surface area contributed by atoms with Gasteiger partial charge < -0.3 is 20.5 Å². The van der Waals surface area contributed by atoms with E-state index in [1.807, 2.05) is 43.3 Å². The first-order valence-electron chi connectivity index (χ1n) is 10.5. The summed E-state index contributed by atoms with van der Waals surface area (Å²) in [6.45, 7) is 3.96. The highest BCUT2D eigenvalue weighted by Crippen LogP contribution is 2.37. The van der Waals surface area contributed by atoms with Crippen LogP contribution >= 0.6 is 11.3 Å². The van der Waals surface area contributed by atoms with Crippen molar-refractivity contribution in [2.75, 3.05) is 19.5 Å². The number of nitrogens with zero attached hydrogens (tertiary/aromatic N) is 2. The lowest BCUT2D eigenvalue weighted by molar-refractivity contribution is -0.117. The molecule has 1 unspecified atom stereocenters. The number of anilines is 1. The Hall–Kier alpha value is -3.65. The van der Waals surface area contributed by atoms with Gasteiger partial charge in [0.05, 0.1) is 32.2 Å². The van der Waals surface area contributed by atoms with E-state index in [0.717, 1.165) is 37.6 Å². The molecule has 4 rings (SSSR count). The van der Waals surface area contributed by atoms with Crippen LogP contribution in [0.4, 0.5) is 5.82 Å². The molecular formula is C25H26N4O3S. The molecule has 2 heterocycles. The van der Waals surface area contributed by atoms with E-state index in [9.17, 15) is 4.79 Å². The number of primary amides is 1. The average Bonchev–Trinajstić information content (AvgIpc) is 3.28. The van der Waals surface area contributed by atoms with Crippen LogP contribution in [-0.4, -0.2) is 30.1 Å². The molecule has 0 aliphatic heterocycles. The van der Waals surface area contributed by atoms with Crippen LogP contribution in [0.2, 0.25) is 0 Å². The van der Waals surface area contributed by atoms with E-state index in [-0.39, 0.29) is 18.4 Å². The molecule has 2 aromatic heterocycles. The average molecular weight is 463 g/mol. The van der Waals surface area contributed by atoms with Gasteiger partial charge in [-0.2, -0.15) is 0 Å². The summed E-state index contributed by atoms with van der Waals surface area (Å²) >= 11 is 1.68. The van der Waals surface area contributed by atoms with E-state index in [1.54, 1.807) is 25.6 Å². The largest absolute Gasteiger partial charge is 0.493 e. The molecule has 2 aromatic carbocycles. The number of aryl methyl sites for hydroxylation is 1. The van der Waals surface area contributed by atoms with Crippen molar-refractivity contribution in [2.45, 2.75) is 26.3 Å². The molecule has 0 aliphatic rings. The van der Waals surface area contributed by atoms with Gasteiger partial charge in [-0.1, -0.05) is 24.3 Å². The van der Waals surface area contributed by atoms with E-state index in [1.165, 1.54) is 0 Å². The normalized spacial score (nSPS) is 11.9. The Kier molecular flexibility index (Phi) is 6.46. The van der Waals surface area contributed by atoms with E-state index in [4.69, 9.17) is 15.2 Å². The van der Waals surface area contributed by atoms with Crippen LogP contribution in [0.15, 0.2) is 48.5 Å². The third-order valence-corrected chi connectivity index (χ3v) is 6.67. The second-order valence-electron chi connectivity index (χ2n) is 7.71. The van der Waals surface area contributed by atoms with Crippen molar-refractivity contribution in [3.05, 3.63) is 64.8 Å². The Bertz CT molecular complexity index is 1320. The zero-order valence-electron chi connectivity index (χ0n) is 19.0. The number of hydrogen-bond donors (Lipinski definition) is 2. The first-order valence-corrected chi connectivity index (χ1v) is 11.3. The van der Waals surface area contributed by atoms with E-state index >= 15 is 0 Å². The van der Waals surface area contributed by atoms with Crippen LogP contribution in [0, 0.1) is 6.92 Å². The molecule has 1 atom stereocenters. The molecule has 0 bridgehead atoms. The SMILES string of the molecule is COc1cc2nc(C)nc(NC(C)c3ccc(-c4ccccc4CC(N)=O)s3)c2cc1OC. The number of aromatic nitrogens is 2. The maximum Gasteiger partial charge on any atom is 0.221 e. The zero-order valence-corrected chi connectivity index (χ0v) is 19.8. The first kappa shape index (κ1) is 22.5. The fourth-order valence-corrected chi connectivity index (χ4v) is 4.86. The van der Waals surface area contributed by atoms with Crippen molar-refractivity contribution in [1.29, 1.82) is 0 Å². The fraction of sp³-hybridized carbons (Fsp3) is 0.240. The number of benzene rings is 2. The molecular weight excluding hydrogens is 436 g/mol. The fourth-order valence-electron chi connectivity index (χ4n) is 3.79. The maximum atomic E-state index is 11.5. The number of rotatable bonds is 8. The van der Waals surface area contributed by atoms with Gasteiger partial charge in [0, 0.05) is 21.2 Å². The molecule has 0 aliphatic carbocycles. The molecule has 7 nitrogen and oxygen atoms in total. The number of carbonyl (C=O) groups excluding carboxylic acids is 1. The zero-order chi connectivity index (χ0) is 23.5. The predicted octanol–water partition coefficient (Wildman–Crippen LogP) is 4.88. The maximum absolute atomic E-state index is 11.5. The predicted molar refractivity (Wildman–Crippen MR) is 132 cm³/mol. The van der Waals surface area contributed by atoms with Crippen LogP contribution in [0.5, 0.6) is 11.5 Å². The standard InChI is InChI=1S/C25H26N4O3S/c1-14(22-9-10-23(33-22)17-8-6-5-7-16(17)11-24(26)30)27-25-18-12-20(31-3)21(32-4)13-19(18)28-15(2)29-25/h5-10,12-14H,11H2,1-4H3,(H2,26,30)(H,27,28,29). The quantitative estimate of drug-likeness (QED) is 0.387. The molecule has 1 amide bonds. The van der Waals surface area contributed by atoms with Gasteiger partial charge in [-0.3, -0.25) is 4.79 Å². The van der Waals surface area contributed by atoms with E-state index in [2.05, 4.69) is 34.3 Å². The van der Waals surface area contributed by atoms with Crippen molar-refractivity contribution >= 4 is 34.0 Å². The van der Waals surface area contributed by atoms with Crippen molar-refractivity contribution in [3.8, 4) is 21.9 Å². The molecule has 4 aromatic rings. The number of thiophene rings is 1. The number of nitrogens with one attached hydrogen (secondary N) is 1. The lowest BCUT2D eigenvalue weighted by Crippen LogP contribution is -2.14. The highest BCUT2D eigenvalue weighted by atomic mass is 32.1. The number of nitrogens with two attached hydrogens (primary N) is 1. The van der Waals surface area contributed by atoms with Gasteiger partial charge in [-0.25, -0.2) is 9.97 Å². The van der Waals surface area contributed by atoms with Gasteiger partial charge in [0.15, 0.2) is 11.5 Å². The summed E-state index contributed by atoms with van der Waals surface area (Å²) in [7, 11) is 3.21. The molecule has 170 valence electrons. The molecule has 0 radical (unpaired) electrons. The van der Waals surface area contributed by atoms with E-state index < -0.39 is 0 Å². The summed E-state index contributed by atoms with van der Waals surface area (Å²) in [4.78, 5) is 22.9. The van der Waals surface area contributed by atoms with Crippen LogP contribution in [0.25, 0.3) is 21.3 Å². The highest BCUT2D eigenvalue weighted by Gasteiger charge is 2.17. The van der Waals surface area contributed by atoms with Crippen LogP contribution in [0.1, 0.15) is 29.2 Å². The van der Waals surface area contributed by atoms with Crippen molar-refractivity contribution in [1.82, 2.24) is 9.97 Å². The summed E-state index contributed by atoms with van der Waals surface area (Å²) in [5.41, 5.74) is 8.17. The van der Waals surface area contributed by atoms with Crippen molar-refractivity contribution < 1.29 is 14.3 Å². The topological polar surface area (TPSA) is 99.4 Å². The monoisotopic (exact) mass is 462 g/mol. The lowest BCUT2D eigenvalue weighted by atomic mass is 10.0. The van der Waals surface area contributed by atoms with E-state index in [0.29, 0.717) is 17.3 Å².